The van der Waals surface area contributed by atoms with Crippen LogP contribution in [0.2, 0.25) is 0 Å². The Morgan fingerprint density at radius 1 is 1.32 bits per heavy atom. The van der Waals surface area contributed by atoms with Crippen LogP contribution in [0.3, 0.4) is 0 Å². The van der Waals surface area contributed by atoms with Gasteiger partial charge in [0.15, 0.2) is 5.76 Å². The maximum Gasteiger partial charge on any atom is 0.301 e. The minimum atomic E-state index is -0.171. The van der Waals surface area contributed by atoms with Gasteiger partial charge in [-0.15, -0.1) is 0 Å². The number of carbonyl (C=O) groups is 1. The summed E-state index contributed by atoms with van der Waals surface area (Å²) in [7, 11) is 2.17. The fraction of sp³-hybridized carbons (Fsp3) is 0.357. The van der Waals surface area contributed by atoms with Gasteiger partial charge in [0.25, 0.3) is 0 Å². The molecule has 19 heavy (non-hydrogen) atoms. The molecular formula is C14H18N3O2+. The van der Waals surface area contributed by atoms with E-state index in [-0.39, 0.29) is 5.91 Å². The zero-order valence-corrected chi connectivity index (χ0v) is 11.0. The minimum Gasteiger partial charge on any atom is -0.451 e. The number of likely N-dealkylation sites (N-methyl/N-ethyl adjacent to an activating group) is 1. The SMILES string of the molecule is C[NH+]1CCN(NC(=O)c2cc3ccccc3o2)CC1. The topological polar surface area (TPSA) is 49.9 Å². The summed E-state index contributed by atoms with van der Waals surface area (Å²) in [5.41, 5.74) is 3.65. The summed E-state index contributed by atoms with van der Waals surface area (Å²) < 4.78 is 5.55. The Hall–Kier alpha value is -1.85. The molecule has 2 N–H and O–H groups in total. The molecule has 5 nitrogen and oxygen atoms in total. The molecule has 3 rings (SSSR count). The van der Waals surface area contributed by atoms with Gasteiger partial charge in [0, 0.05) is 5.39 Å². The van der Waals surface area contributed by atoms with Crippen LogP contribution in [0.25, 0.3) is 11.0 Å². The smallest absolute Gasteiger partial charge is 0.301 e. The van der Waals surface area contributed by atoms with Gasteiger partial charge in [0.05, 0.1) is 33.2 Å². The van der Waals surface area contributed by atoms with Crippen molar-refractivity contribution in [2.75, 3.05) is 33.2 Å². The average molecular weight is 260 g/mol. The van der Waals surface area contributed by atoms with E-state index in [0.717, 1.165) is 37.1 Å². The first kappa shape index (κ1) is 12.2. The zero-order valence-electron chi connectivity index (χ0n) is 11.0. The molecule has 0 unspecified atom stereocenters. The quantitative estimate of drug-likeness (QED) is 0.793. The summed E-state index contributed by atoms with van der Waals surface area (Å²) in [4.78, 5) is 13.6. The number of nitrogens with zero attached hydrogens (tertiary/aromatic N) is 1. The van der Waals surface area contributed by atoms with E-state index in [9.17, 15) is 4.79 Å². The second-order valence-electron chi connectivity index (χ2n) is 5.03. The number of quaternary nitrogens is 1. The fourth-order valence-electron chi connectivity index (χ4n) is 2.29. The summed E-state index contributed by atoms with van der Waals surface area (Å²) in [5.74, 6) is 0.197. The predicted molar refractivity (Wildman–Crippen MR) is 71.9 cm³/mol. The van der Waals surface area contributed by atoms with E-state index in [1.54, 1.807) is 6.07 Å². The number of piperazine rings is 1. The van der Waals surface area contributed by atoms with Gasteiger partial charge in [-0.25, -0.2) is 5.01 Å². The van der Waals surface area contributed by atoms with Crippen molar-refractivity contribution in [1.82, 2.24) is 10.4 Å². The van der Waals surface area contributed by atoms with Crippen LogP contribution >= 0.6 is 0 Å². The van der Waals surface area contributed by atoms with Crippen molar-refractivity contribution in [2.24, 2.45) is 0 Å². The molecule has 1 aromatic heterocycles. The molecule has 0 aliphatic carbocycles. The van der Waals surface area contributed by atoms with Crippen LogP contribution < -0.4 is 10.3 Å². The van der Waals surface area contributed by atoms with Crippen LogP contribution in [0.1, 0.15) is 10.6 Å². The van der Waals surface area contributed by atoms with Crippen LogP contribution in [-0.4, -0.2) is 44.1 Å². The lowest BCUT2D eigenvalue weighted by Crippen LogP contribution is -3.12. The lowest BCUT2D eigenvalue weighted by molar-refractivity contribution is -0.884. The maximum absolute atomic E-state index is 12.1. The Bertz CT molecular complexity index is 552. The summed E-state index contributed by atoms with van der Waals surface area (Å²) in [6, 6.07) is 9.42. The number of fused-ring (bicyclic) bond motifs is 1. The largest absolute Gasteiger partial charge is 0.451 e. The number of para-hydroxylation sites is 1. The number of hydrazine groups is 1. The van der Waals surface area contributed by atoms with E-state index in [1.165, 1.54) is 4.90 Å². The van der Waals surface area contributed by atoms with Gasteiger partial charge in [0.2, 0.25) is 0 Å². The number of hydrogen-bond acceptors (Lipinski definition) is 3. The Kier molecular flexibility index (Phi) is 3.23. The van der Waals surface area contributed by atoms with Crippen LogP contribution in [0.5, 0.6) is 0 Å². The number of carbonyl (C=O) groups excluding carboxylic acids is 1. The Labute approximate surface area is 111 Å². The first-order valence-corrected chi connectivity index (χ1v) is 6.58. The van der Waals surface area contributed by atoms with Crippen molar-refractivity contribution in [1.29, 1.82) is 0 Å². The number of amides is 1. The lowest BCUT2D eigenvalue weighted by Gasteiger charge is -2.29. The summed E-state index contributed by atoms with van der Waals surface area (Å²) in [5, 5.41) is 2.91. The van der Waals surface area contributed by atoms with Gasteiger partial charge in [-0.05, 0) is 12.1 Å². The number of rotatable bonds is 2. The van der Waals surface area contributed by atoms with Crippen molar-refractivity contribution in [3.63, 3.8) is 0 Å². The summed E-state index contributed by atoms with van der Waals surface area (Å²) in [6.45, 7) is 3.83. The Morgan fingerprint density at radius 3 is 2.79 bits per heavy atom. The zero-order chi connectivity index (χ0) is 13.2. The third-order valence-electron chi connectivity index (χ3n) is 3.53. The normalized spacial score (nSPS) is 17.7. The molecule has 0 spiro atoms. The molecule has 0 saturated carbocycles. The van der Waals surface area contributed by atoms with Crippen molar-refractivity contribution in [3.8, 4) is 0 Å². The van der Waals surface area contributed by atoms with Crippen molar-refractivity contribution in [2.45, 2.75) is 0 Å². The number of hydrogen-bond donors (Lipinski definition) is 2. The van der Waals surface area contributed by atoms with E-state index < -0.39 is 0 Å². The van der Waals surface area contributed by atoms with Gasteiger partial charge in [0.1, 0.15) is 5.58 Å². The lowest BCUT2D eigenvalue weighted by atomic mass is 10.2. The highest BCUT2D eigenvalue weighted by atomic mass is 16.3. The molecule has 0 bridgehead atoms. The van der Waals surface area contributed by atoms with Gasteiger partial charge in [-0.2, -0.15) is 0 Å². The van der Waals surface area contributed by atoms with Crippen LogP contribution in [-0.2, 0) is 0 Å². The first-order chi connectivity index (χ1) is 9.22. The van der Waals surface area contributed by atoms with Crippen molar-refractivity contribution >= 4 is 16.9 Å². The summed E-state index contributed by atoms with van der Waals surface area (Å²) >= 11 is 0. The molecular weight excluding hydrogens is 242 g/mol. The summed E-state index contributed by atoms with van der Waals surface area (Å²) in [6.07, 6.45) is 0. The van der Waals surface area contributed by atoms with Gasteiger partial charge in [-0.1, -0.05) is 18.2 Å². The molecule has 1 fully saturated rings. The molecule has 1 amide bonds. The molecule has 1 aromatic carbocycles. The highest BCUT2D eigenvalue weighted by Crippen LogP contribution is 2.18. The van der Waals surface area contributed by atoms with E-state index in [4.69, 9.17) is 4.42 Å². The van der Waals surface area contributed by atoms with Gasteiger partial charge in [-0.3, -0.25) is 10.2 Å². The van der Waals surface area contributed by atoms with E-state index in [0.29, 0.717) is 5.76 Å². The monoisotopic (exact) mass is 260 g/mol. The van der Waals surface area contributed by atoms with Crippen molar-refractivity contribution < 1.29 is 14.1 Å². The fourth-order valence-corrected chi connectivity index (χ4v) is 2.29. The molecule has 1 aliphatic heterocycles. The average Bonchev–Trinajstić information content (AvgIpc) is 2.85. The van der Waals surface area contributed by atoms with E-state index >= 15 is 0 Å². The Balaban J connectivity index is 1.70. The molecule has 2 heterocycles. The third-order valence-corrected chi connectivity index (χ3v) is 3.53. The molecule has 5 heteroatoms. The predicted octanol–water partition coefficient (Wildman–Crippen LogP) is -0.0921. The second-order valence-corrected chi connectivity index (χ2v) is 5.03. The van der Waals surface area contributed by atoms with Crippen LogP contribution in [0, 0.1) is 0 Å². The first-order valence-electron chi connectivity index (χ1n) is 6.58. The standard InChI is InChI=1S/C14H17N3O2/c1-16-6-8-17(9-7-16)15-14(18)13-10-11-4-2-3-5-12(11)19-13/h2-5,10H,6-9H2,1H3,(H,15,18)/p+1. The molecule has 2 aromatic rings. The number of nitrogens with one attached hydrogen (secondary N) is 2. The van der Waals surface area contributed by atoms with E-state index in [1.807, 2.05) is 29.3 Å². The van der Waals surface area contributed by atoms with Crippen molar-refractivity contribution in [3.05, 3.63) is 36.1 Å². The molecule has 100 valence electrons. The van der Waals surface area contributed by atoms with Crippen LogP contribution in [0.15, 0.2) is 34.7 Å². The highest BCUT2D eigenvalue weighted by molar-refractivity contribution is 5.95. The molecule has 1 saturated heterocycles. The number of furan rings is 1. The second kappa shape index (κ2) is 5.03. The maximum atomic E-state index is 12.1. The van der Waals surface area contributed by atoms with Crippen LogP contribution in [0.4, 0.5) is 0 Å². The molecule has 0 radical (unpaired) electrons. The van der Waals surface area contributed by atoms with Gasteiger partial charge >= 0.3 is 5.91 Å². The number of benzene rings is 1. The third kappa shape index (κ3) is 2.62. The van der Waals surface area contributed by atoms with E-state index in [2.05, 4.69) is 12.5 Å². The highest BCUT2D eigenvalue weighted by Gasteiger charge is 2.20. The Morgan fingerprint density at radius 2 is 2.05 bits per heavy atom. The molecule has 1 aliphatic rings. The molecule has 0 atom stereocenters. The minimum absolute atomic E-state index is 0.171. The van der Waals surface area contributed by atoms with Gasteiger partial charge < -0.3 is 9.32 Å².